The molecule has 0 saturated heterocycles. The van der Waals surface area contributed by atoms with Gasteiger partial charge in [0.1, 0.15) is 11.1 Å². The number of carbonyl (C=O) groups excluding carboxylic acids is 1. The molecule has 0 fully saturated rings. The molecule has 32 heavy (non-hydrogen) atoms. The Balaban J connectivity index is 1.57. The molecule has 1 aromatic carbocycles. The molecule has 0 bridgehead atoms. The number of thiophene rings is 1. The summed E-state index contributed by atoms with van der Waals surface area (Å²) in [6, 6.07) is 7.18. The number of amides is 1. The van der Waals surface area contributed by atoms with Gasteiger partial charge in [-0.3, -0.25) is 14.2 Å². The van der Waals surface area contributed by atoms with Crippen LogP contribution in [0.15, 0.2) is 28.2 Å². The molecule has 1 N–H and O–H groups in total. The second kappa shape index (κ2) is 9.65. The number of aromatic nitrogens is 2. The van der Waals surface area contributed by atoms with Crippen LogP contribution in [0.2, 0.25) is 5.02 Å². The van der Waals surface area contributed by atoms with Gasteiger partial charge >= 0.3 is 0 Å². The van der Waals surface area contributed by atoms with E-state index in [1.54, 1.807) is 22.8 Å². The highest BCUT2D eigenvalue weighted by Crippen LogP contribution is 2.37. The van der Waals surface area contributed by atoms with Gasteiger partial charge in [-0.05, 0) is 63.3 Å². The number of carbonyl (C=O) groups is 1. The molecule has 6 nitrogen and oxygen atoms in total. The Labute approximate surface area is 199 Å². The van der Waals surface area contributed by atoms with Gasteiger partial charge in [0.05, 0.1) is 22.2 Å². The smallest absolute Gasteiger partial charge is 0.262 e. The number of thioether (sulfide) groups is 1. The number of anilines is 1. The number of nitrogens with one attached hydrogen (secondary N) is 1. The van der Waals surface area contributed by atoms with E-state index in [9.17, 15) is 14.9 Å². The lowest BCUT2D eigenvalue weighted by Crippen LogP contribution is -2.25. The van der Waals surface area contributed by atoms with Gasteiger partial charge < -0.3 is 5.32 Å². The molecule has 166 valence electrons. The normalized spacial score (nSPS) is 13.6. The molecule has 0 unspecified atom stereocenters. The fraction of sp³-hybridized carbons (Fsp3) is 0.391. The number of nitrogens with zero attached hydrogens (tertiary/aromatic N) is 3. The van der Waals surface area contributed by atoms with Crippen molar-refractivity contribution in [3.63, 3.8) is 0 Å². The van der Waals surface area contributed by atoms with E-state index >= 15 is 0 Å². The maximum atomic E-state index is 13.0. The summed E-state index contributed by atoms with van der Waals surface area (Å²) in [5.74, 6) is -0.141. The van der Waals surface area contributed by atoms with E-state index in [0.717, 1.165) is 31.2 Å². The monoisotopic (exact) mass is 486 g/mol. The largest absolute Gasteiger partial charge is 0.316 e. The van der Waals surface area contributed by atoms with Crippen LogP contribution >= 0.6 is 34.7 Å². The Hall–Kier alpha value is -2.34. The van der Waals surface area contributed by atoms with Gasteiger partial charge in [0, 0.05) is 15.9 Å². The van der Waals surface area contributed by atoms with Crippen molar-refractivity contribution in [2.45, 2.75) is 57.1 Å². The number of benzene rings is 1. The molecular weight excluding hydrogens is 464 g/mol. The number of hydrogen-bond donors (Lipinski definition) is 1. The highest BCUT2D eigenvalue weighted by atomic mass is 35.5. The van der Waals surface area contributed by atoms with E-state index in [2.05, 4.69) is 16.4 Å². The molecule has 2 aromatic heterocycles. The highest BCUT2D eigenvalue weighted by molar-refractivity contribution is 7.99. The standard InChI is InChI=1S/C23H23ClN4O2S2/c1-13(2)28-22(30)16-9-8-14(24)10-18(16)26-23(28)31-12-20(29)27-21-17(11-25)15-6-4-3-5-7-19(15)32-21/h8-10,13H,3-7,12H2,1-2H3,(H,27,29). The first-order valence-electron chi connectivity index (χ1n) is 10.6. The minimum atomic E-state index is -0.223. The number of rotatable bonds is 5. The summed E-state index contributed by atoms with van der Waals surface area (Å²) < 4.78 is 1.60. The Kier molecular flexibility index (Phi) is 6.89. The topological polar surface area (TPSA) is 87.8 Å². The molecule has 0 atom stereocenters. The zero-order valence-electron chi connectivity index (χ0n) is 17.9. The van der Waals surface area contributed by atoms with E-state index in [1.165, 1.54) is 34.4 Å². The van der Waals surface area contributed by atoms with E-state index in [-0.39, 0.29) is 23.3 Å². The SMILES string of the molecule is CC(C)n1c(SCC(=O)Nc2sc3c(c2C#N)CCCCC3)nc2cc(Cl)ccc2c1=O. The number of fused-ring (bicyclic) bond motifs is 2. The van der Waals surface area contributed by atoms with Crippen LogP contribution in [-0.2, 0) is 17.6 Å². The zero-order valence-corrected chi connectivity index (χ0v) is 20.3. The fourth-order valence-electron chi connectivity index (χ4n) is 3.95. The van der Waals surface area contributed by atoms with E-state index in [1.807, 2.05) is 13.8 Å². The number of nitriles is 1. The summed E-state index contributed by atoms with van der Waals surface area (Å²) in [7, 11) is 0. The van der Waals surface area contributed by atoms with Gasteiger partial charge in [-0.2, -0.15) is 5.26 Å². The number of aryl methyl sites for hydroxylation is 1. The van der Waals surface area contributed by atoms with Crippen LogP contribution in [0.25, 0.3) is 10.9 Å². The molecule has 2 heterocycles. The predicted molar refractivity (Wildman–Crippen MR) is 131 cm³/mol. The van der Waals surface area contributed by atoms with Crippen LogP contribution < -0.4 is 10.9 Å². The van der Waals surface area contributed by atoms with Crippen LogP contribution in [0.5, 0.6) is 0 Å². The first-order chi connectivity index (χ1) is 15.4. The Morgan fingerprint density at radius 2 is 2.12 bits per heavy atom. The van der Waals surface area contributed by atoms with E-state index < -0.39 is 0 Å². The molecule has 4 rings (SSSR count). The van der Waals surface area contributed by atoms with Crippen molar-refractivity contribution in [3.8, 4) is 6.07 Å². The third-order valence-electron chi connectivity index (χ3n) is 5.47. The minimum absolute atomic E-state index is 0.0820. The molecule has 9 heteroatoms. The fourth-order valence-corrected chi connectivity index (χ4v) is 6.30. The summed E-state index contributed by atoms with van der Waals surface area (Å²) in [5, 5.41) is 14.7. The van der Waals surface area contributed by atoms with Crippen molar-refractivity contribution >= 4 is 56.5 Å². The molecule has 0 radical (unpaired) electrons. The van der Waals surface area contributed by atoms with Crippen molar-refractivity contribution in [3.05, 3.63) is 49.6 Å². The van der Waals surface area contributed by atoms with Gasteiger partial charge in [-0.25, -0.2) is 4.98 Å². The van der Waals surface area contributed by atoms with Crippen LogP contribution in [0.3, 0.4) is 0 Å². The summed E-state index contributed by atoms with van der Waals surface area (Å²) in [6.45, 7) is 3.82. The first-order valence-corrected chi connectivity index (χ1v) is 12.8. The first kappa shape index (κ1) is 22.8. The van der Waals surface area contributed by atoms with Gasteiger partial charge in [0.25, 0.3) is 5.56 Å². The lowest BCUT2D eigenvalue weighted by molar-refractivity contribution is -0.113. The van der Waals surface area contributed by atoms with Crippen LogP contribution in [0, 0.1) is 11.3 Å². The third-order valence-corrected chi connectivity index (χ3v) is 7.86. The Bertz CT molecular complexity index is 1290. The van der Waals surface area contributed by atoms with Gasteiger partial charge in [-0.15, -0.1) is 11.3 Å². The van der Waals surface area contributed by atoms with Crippen molar-refractivity contribution in [2.75, 3.05) is 11.1 Å². The highest BCUT2D eigenvalue weighted by Gasteiger charge is 2.22. The molecule has 0 saturated carbocycles. The second-order valence-corrected chi connectivity index (χ2v) is 10.5. The van der Waals surface area contributed by atoms with Gasteiger partial charge in [0.2, 0.25) is 5.91 Å². The molecule has 0 spiro atoms. The number of halogens is 1. The van der Waals surface area contributed by atoms with Crippen molar-refractivity contribution < 1.29 is 4.79 Å². The molecule has 1 aliphatic rings. The van der Waals surface area contributed by atoms with Crippen molar-refractivity contribution in [2.24, 2.45) is 0 Å². The molecule has 3 aromatic rings. The predicted octanol–water partition coefficient (Wildman–Crippen LogP) is 5.56. The summed E-state index contributed by atoms with van der Waals surface area (Å²) in [6.07, 6.45) is 5.22. The molecule has 0 aliphatic heterocycles. The van der Waals surface area contributed by atoms with Crippen molar-refractivity contribution in [1.82, 2.24) is 9.55 Å². The van der Waals surface area contributed by atoms with Crippen molar-refractivity contribution in [1.29, 1.82) is 5.26 Å². The minimum Gasteiger partial charge on any atom is -0.316 e. The van der Waals surface area contributed by atoms with E-state index in [0.29, 0.717) is 31.6 Å². The molecular formula is C23H23ClN4O2S2. The quantitative estimate of drug-likeness (QED) is 0.289. The van der Waals surface area contributed by atoms with Crippen LogP contribution in [-0.4, -0.2) is 21.2 Å². The average molecular weight is 487 g/mol. The maximum Gasteiger partial charge on any atom is 0.262 e. The Morgan fingerprint density at radius 3 is 2.88 bits per heavy atom. The molecule has 1 amide bonds. The molecule has 1 aliphatic carbocycles. The Morgan fingerprint density at radius 1 is 1.34 bits per heavy atom. The lowest BCUT2D eigenvalue weighted by Gasteiger charge is -2.16. The summed E-state index contributed by atoms with van der Waals surface area (Å²) in [5.41, 5.74) is 2.05. The lowest BCUT2D eigenvalue weighted by atomic mass is 10.1. The van der Waals surface area contributed by atoms with Gasteiger partial charge in [-0.1, -0.05) is 29.8 Å². The summed E-state index contributed by atoms with van der Waals surface area (Å²) in [4.78, 5) is 31.6. The van der Waals surface area contributed by atoms with Crippen LogP contribution in [0.4, 0.5) is 5.00 Å². The average Bonchev–Trinajstić information content (AvgIpc) is 2.90. The van der Waals surface area contributed by atoms with Crippen LogP contribution in [0.1, 0.15) is 55.2 Å². The van der Waals surface area contributed by atoms with Gasteiger partial charge in [0.15, 0.2) is 5.16 Å². The third kappa shape index (κ3) is 4.56. The zero-order chi connectivity index (χ0) is 22.8. The van der Waals surface area contributed by atoms with E-state index in [4.69, 9.17) is 11.6 Å². The number of hydrogen-bond acceptors (Lipinski definition) is 6. The maximum absolute atomic E-state index is 13.0. The summed E-state index contributed by atoms with van der Waals surface area (Å²) >= 11 is 8.80. The second-order valence-electron chi connectivity index (χ2n) is 8.04.